The van der Waals surface area contributed by atoms with Gasteiger partial charge in [-0.2, -0.15) is 4.31 Å². The van der Waals surface area contributed by atoms with Crippen molar-refractivity contribution in [1.29, 1.82) is 0 Å². The first-order chi connectivity index (χ1) is 16.3. The number of aromatic nitrogens is 2. The van der Waals surface area contributed by atoms with Crippen LogP contribution in [-0.2, 0) is 33.1 Å². The lowest BCUT2D eigenvalue weighted by Gasteiger charge is -2.31. The molecule has 34 heavy (non-hydrogen) atoms. The van der Waals surface area contributed by atoms with Crippen LogP contribution < -0.4 is 21.5 Å². The van der Waals surface area contributed by atoms with E-state index in [9.17, 15) is 22.8 Å². The summed E-state index contributed by atoms with van der Waals surface area (Å²) >= 11 is 0. The van der Waals surface area contributed by atoms with Crippen LogP contribution in [0.25, 0.3) is 0 Å². The molecule has 12 heteroatoms. The molecule has 1 N–H and O–H groups in total. The van der Waals surface area contributed by atoms with Crippen LogP contribution >= 0.6 is 0 Å². The van der Waals surface area contributed by atoms with E-state index in [1.807, 2.05) is 4.90 Å². The maximum atomic E-state index is 13.2. The van der Waals surface area contributed by atoms with Gasteiger partial charge in [0.25, 0.3) is 5.56 Å². The third-order valence-electron chi connectivity index (χ3n) is 6.12. The quantitative estimate of drug-likeness (QED) is 0.612. The maximum Gasteiger partial charge on any atom is 0.331 e. The second-order valence-electron chi connectivity index (χ2n) is 8.41. The zero-order chi connectivity index (χ0) is 24.3. The number of carbonyl (C=O) groups excluding carboxylic acids is 1. The molecule has 2 saturated heterocycles. The summed E-state index contributed by atoms with van der Waals surface area (Å²) in [7, 11) is -2.36. The highest BCUT2D eigenvalue weighted by atomic mass is 32.2. The normalized spacial score (nSPS) is 17.5. The number of piperidine rings is 1. The number of morpholine rings is 1. The van der Waals surface area contributed by atoms with E-state index < -0.39 is 27.2 Å². The van der Waals surface area contributed by atoms with Crippen molar-refractivity contribution in [2.45, 2.75) is 30.7 Å². The molecule has 0 atom stereocenters. The summed E-state index contributed by atoms with van der Waals surface area (Å²) in [6.45, 7) is 2.88. The van der Waals surface area contributed by atoms with E-state index >= 15 is 0 Å². The zero-order valence-corrected chi connectivity index (χ0v) is 19.9. The first kappa shape index (κ1) is 24.2. The molecule has 0 saturated carbocycles. The third-order valence-corrected chi connectivity index (χ3v) is 8.02. The van der Waals surface area contributed by atoms with Gasteiger partial charge in [0, 0.05) is 45.5 Å². The van der Waals surface area contributed by atoms with Crippen molar-refractivity contribution in [3.8, 4) is 0 Å². The highest BCUT2D eigenvalue weighted by molar-refractivity contribution is 7.89. The minimum Gasteiger partial charge on any atom is -0.378 e. The Bertz CT molecular complexity index is 1270. The molecule has 2 aromatic rings. The van der Waals surface area contributed by atoms with Gasteiger partial charge in [0.2, 0.25) is 15.9 Å². The number of hydrogen-bond donors (Lipinski definition) is 1. The SMILES string of the molecule is Cn1c(=O)ccn(CC(=O)Nc2cc(S(=O)(=O)N3CCCCC3)ccc2N2CCOCC2)c1=O. The molecule has 0 spiro atoms. The van der Waals surface area contributed by atoms with Crippen LogP contribution in [0.3, 0.4) is 0 Å². The Kier molecular flexibility index (Phi) is 7.19. The number of anilines is 2. The predicted octanol–water partition coefficient (Wildman–Crippen LogP) is 0.197. The number of benzene rings is 1. The van der Waals surface area contributed by atoms with Gasteiger partial charge in [-0.1, -0.05) is 6.42 Å². The minimum atomic E-state index is -3.70. The fourth-order valence-electron chi connectivity index (χ4n) is 4.19. The average molecular weight is 492 g/mol. The molecule has 4 rings (SSSR count). The number of rotatable bonds is 6. The molecule has 11 nitrogen and oxygen atoms in total. The average Bonchev–Trinajstić information content (AvgIpc) is 2.85. The largest absolute Gasteiger partial charge is 0.378 e. The van der Waals surface area contributed by atoms with Gasteiger partial charge in [-0.05, 0) is 31.0 Å². The van der Waals surface area contributed by atoms with Crippen molar-refractivity contribution in [3.05, 3.63) is 51.3 Å². The number of nitrogens with one attached hydrogen (secondary N) is 1. The summed E-state index contributed by atoms with van der Waals surface area (Å²) in [5.74, 6) is -0.511. The number of ether oxygens (including phenoxy) is 1. The standard InChI is InChI=1S/C22H29N5O6S/c1-24-21(29)7-10-26(22(24)30)16-20(28)23-18-15-17(34(31,32)27-8-3-2-4-9-27)5-6-19(18)25-11-13-33-14-12-25/h5-7,10,15H,2-4,8-9,11-14,16H2,1H3,(H,23,28). The number of amides is 1. The highest BCUT2D eigenvalue weighted by Crippen LogP contribution is 2.31. The van der Waals surface area contributed by atoms with Crippen LogP contribution in [0.4, 0.5) is 11.4 Å². The Morgan fingerprint density at radius 3 is 2.44 bits per heavy atom. The van der Waals surface area contributed by atoms with Gasteiger partial charge in [0.1, 0.15) is 6.54 Å². The van der Waals surface area contributed by atoms with E-state index in [4.69, 9.17) is 4.74 Å². The van der Waals surface area contributed by atoms with E-state index in [1.165, 1.54) is 29.7 Å². The monoisotopic (exact) mass is 491 g/mol. The molecule has 1 aromatic carbocycles. The minimum absolute atomic E-state index is 0.112. The second kappa shape index (κ2) is 10.1. The number of nitrogens with zero attached hydrogens (tertiary/aromatic N) is 4. The molecule has 0 radical (unpaired) electrons. The summed E-state index contributed by atoms with van der Waals surface area (Å²) in [5, 5.41) is 2.78. The predicted molar refractivity (Wildman–Crippen MR) is 127 cm³/mol. The van der Waals surface area contributed by atoms with Gasteiger partial charge < -0.3 is 15.0 Å². The fourth-order valence-corrected chi connectivity index (χ4v) is 5.73. The topological polar surface area (TPSA) is 123 Å². The maximum absolute atomic E-state index is 13.2. The molecule has 0 aliphatic carbocycles. The van der Waals surface area contributed by atoms with Gasteiger partial charge >= 0.3 is 5.69 Å². The van der Waals surface area contributed by atoms with E-state index in [-0.39, 0.29) is 11.4 Å². The van der Waals surface area contributed by atoms with Crippen molar-refractivity contribution in [2.24, 2.45) is 7.05 Å². The third kappa shape index (κ3) is 5.08. The molecule has 0 bridgehead atoms. The summed E-state index contributed by atoms with van der Waals surface area (Å²) in [5.41, 5.74) is -0.0470. The molecule has 2 fully saturated rings. The molecule has 3 heterocycles. The van der Waals surface area contributed by atoms with Crippen molar-refractivity contribution in [2.75, 3.05) is 49.6 Å². The molecule has 2 aliphatic heterocycles. The summed E-state index contributed by atoms with van der Waals surface area (Å²) in [6, 6.07) is 5.97. The number of hydrogen-bond acceptors (Lipinski definition) is 7. The van der Waals surface area contributed by atoms with Crippen molar-refractivity contribution in [1.82, 2.24) is 13.4 Å². The zero-order valence-electron chi connectivity index (χ0n) is 19.1. The first-order valence-electron chi connectivity index (χ1n) is 11.3. The van der Waals surface area contributed by atoms with Gasteiger partial charge in [0.05, 0.1) is 29.5 Å². The summed E-state index contributed by atoms with van der Waals surface area (Å²) in [6.07, 6.45) is 3.92. The van der Waals surface area contributed by atoms with E-state index in [0.29, 0.717) is 50.8 Å². The van der Waals surface area contributed by atoms with Crippen LogP contribution in [0.1, 0.15) is 19.3 Å². The molecule has 1 amide bonds. The molecule has 184 valence electrons. The van der Waals surface area contributed by atoms with E-state index in [2.05, 4.69) is 5.32 Å². The first-order valence-corrected chi connectivity index (χ1v) is 12.7. The van der Waals surface area contributed by atoms with Crippen LogP contribution in [0.5, 0.6) is 0 Å². The van der Waals surface area contributed by atoms with E-state index in [0.717, 1.165) is 28.4 Å². The lowest BCUT2D eigenvalue weighted by molar-refractivity contribution is -0.116. The van der Waals surface area contributed by atoms with Gasteiger partial charge in [-0.15, -0.1) is 0 Å². The summed E-state index contributed by atoms with van der Waals surface area (Å²) < 4.78 is 35.4. The number of sulfonamides is 1. The molecule has 1 aromatic heterocycles. The Morgan fingerprint density at radius 1 is 1.03 bits per heavy atom. The van der Waals surface area contributed by atoms with Crippen LogP contribution in [0.15, 0.2) is 44.9 Å². The molecule has 2 aliphatic rings. The molecule has 0 unspecified atom stereocenters. The van der Waals surface area contributed by atoms with Crippen molar-refractivity contribution in [3.63, 3.8) is 0 Å². The van der Waals surface area contributed by atoms with Gasteiger partial charge in [-0.25, -0.2) is 13.2 Å². The molecular formula is C22H29N5O6S. The fraction of sp³-hybridized carbons (Fsp3) is 0.500. The number of carbonyl (C=O) groups is 1. The Labute approximate surface area is 197 Å². The van der Waals surface area contributed by atoms with Crippen LogP contribution in [0, 0.1) is 0 Å². The highest BCUT2D eigenvalue weighted by Gasteiger charge is 2.27. The van der Waals surface area contributed by atoms with E-state index in [1.54, 1.807) is 12.1 Å². The lowest BCUT2D eigenvalue weighted by atomic mass is 10.2. The van der Waals surface area contributed by atoms with Gasteiger partial charge in [0.15, 0.2) is 0 Å². The van der Waals surface area contributed by atoms with Crippen LogP contribution in [-0.4, -0.2) is 67.2 Å². The summed E-state index contributed by atoms with van der Waals surface area (Å²) in [4.78, 5) is 38.9. The van der Waals surface area contributed by atoms with Gasteiger partial charge in [-0.3, -0.25) is 18.7 Å². The second-order valence-corrected chi connectivity index (χ2v) is 10.4. The van der Waals surface area contributed by atoms with Crippen LogP contribution in [0.2, 0.25) is 0 Å². The Balaban J connectivity index is 1.64. The Morgan fingerprint density at radius 2 is 1.74 bits per heavy atom. The Hall–Kier alpha value is -2.96. The smallest absolute Gasteiger partial charge is 0.331 e. The van der Waals surface area contributed by atoms with Crippen molar-refractivity contribution >= 4 is 27.3 Å². The lowest BCUT2D eigenvalue weighted by Crippen LogP contribution is -2.39. The molecular weight excluding hydrogens is 462 g/mol. The van der Waals surface area contributed by atoms with Crippen molar-refractivity contribution < 1.29 is 17.9 Å².